The van der Waals surface area contributed by atoms with Crippen LogP contribution in [-0.4, -0.2) is 25.7 Å². The summed E-state index contributed by atoms with van der Waals surface area (Å²) in [5, 5.41) is 8.25. The van der Waals surface area contributed by atoms with Gasteiger partial charge in [0.2, 0.25) is 0 Å². The van der Waals surface area contributed by atoms with Crippen molar-refractivity contribution in [2.45, 2.75) is 38.1 Å². The first kappa shape index (κ1) is 11.3. The van der Waals surface area contributed by atoms with Crippen LogP contribution in [0.15, 0.2) is 0 Å². The first-order chi connectivity index (χ1) is 6.49. The normalized spacial score (nSPS) is 19.1. The molecule has 82 valence electrons. The number of amides is 1. The van der Waals surface area contributed by atoms with Gasteiger partial charge in [0.05, 0.1) is 0 Å². The lowest BCUT2D eigenvalue weighted by Gasteiger charge is -2.21. The summed E-state index contributed by atoms with van der Waals surface area (Å²) in [6.07, 6.45) is 3.08. The van der Waals surface area contributed by atoms with E-state index in [1.54, 1.807) is 0 Å². The van der Waals surface area contributed by atoms with E-state index in [0.29, 0.717) is 0 Å². The van der Waals surface area contributed by atoms with Gasteiger partial charge in [0.25, 0.3) is 0 Å². The molecule has 0 heterocycles. The zero-order chi connectivity index (χ0) is 10.6. The topological polar surface area (TPSA) is 95.5 Å². The number of carboxylic acid groups (broad SMARTS) is 1. The molecule has 6 nitrogen and oxygen atoms in total. The fourth-order valence-electron chi connectivity index (χ4n) is 1.58. The SMILES string of the molecule is O=C(O)NS(=O)(=O)NC1CCCCC1. The van der Waals surface area contributed by atoms with Crippen LogP contribution in [0.1, 0.15) is 32.1 Å². The molecule has 0 aromatic heterocycles. The number of carbonyl (C=O) groups is 1. The van der Waals surface area contributed by atoms with Crippen LogP contribution >= 0.6 is 0 Å². The van der Waals surface area contributed by atoms with Crippen LogP contribution in [0, 0.1) is 0 Å². The molecule has 0 aromatic rings. The van der Waals surface area contributed by atoms with E-state index in [0.717, 1.165) is 32.1 Å². The van der Waals surface area contributed by atoms with Gasteiger partial charge in [-0.1, -0.05) is 19.3 Å². The van der Waals surface area contributed by atoms with Crippen molar-refractivity contribution >= 4 is 16.3 Å². The standard InChI is InChI=1S/C7H14N2O4S/c10-7(11)9-14(12,13)8-6-4-2-1-3-5-6/h6,8-9H,1-5H2,(H,10,11). The maximum Gasteiger partial charge on any atom is 0.419 e. The minimum Gasteiger partial charge on any atom is -0.464 e. The third-order valence-electron chi connectivity index (χ3n) is 2.15. The van der Waals surface area contributed by atoms with E-state index in [-0.39, 0.29) is 6.04 Å². The highest BCUT2D eigenvalue weighted by Crippen LogP contribution is 2.17. The lowest BCUT2D eigenvalue weighted by atomic mass is 9.96. The van der Waals surface area contributed by atoms with Gasteiger partial charge in [0.15, 0.2) is 0 Å². The second kappa shape index (κ2) is 4.61. The maximum absolute atomic E-state index is 11.1. The van der Waals surface area contributed by atoms with Gasteiger partial charge in [-0.25, -0.2) is 9.52 Å². The number of rotatable bonds is 3. The first-order valence-electron chi connectivity index (χ1n) is 4.52. The summed E-state index contributed by atoms with van der Waals surface area (Å²) in [4.78, 5) is 10.1. The molecule has 3 N–H and O–H groups in total. The third-order valence-corrected chi connectivity index (χ3v) is 3.24. The summed E-state index contributed by atoms with van der Waals surface area (Å²) >= 11 is 0. The Morgan fingerprint density at radius 3 is 2.29 bits per heavy atom. The van der Waals surface area contributed by atoms with E-state index < -0.39 is 16.3 Å². The molecule has 1 aliphatic rings. The van der Waals surface area contributed by atoms with Crippen LogP contribution in [0.25, 0.3) is 0 Å². The summed E-state index contributed by atoms with van der Waals surface area (Å²) in [5.41, 5.74) is 0. The Bertz CT molecular complexity index is 295. The number of nitrogens with one attached hydrogen (secondary N) is 2. The van der Waals surface area contributed by atoms with Crippen LogP contribution in [0.4, 0.5) is 4.79 Å². The van der Waals surface area contributed by atoms with Crippen molar-refractivity contribution in [3.05, 3.63) is 0 Å². The number of hydrogen-bond donors (Lipinski definition) is 3. The molecule has 1 aliphatic carbocycles. The van der Waals surface area contributed by atoms with Crippen LogP contribution in [0.3, 0.4) is 0 Å². The Balaban J connectivity index is 2.45. The van der Waals surface area contributed by atoms with Crippen molar-refractivity contribution in [2.24, 2.45) is 0 Å². The van der Waals surface area contributed by atoms with Crippen LogP contribution in [0.5, 0.6) is 0 Å². The molecule has 0 aliphatic heterocycles. The van der Waals surface area contributed by atoms with E-state index in [2.05, 4.69) is 4.72 Å². The smallest absolute Gasteiger partial charge is 0.419 e. The van der Waals surface area contributed by atoms with Gasteiger partial charge in [-0.15, -0.1) is 0 Å². The summed E-state index contributed by atoms with van der Waals surface area (Å²) in [6.45, 7) is 0. The summed E-state index contributed by atoms with van der Waals surface area (Å²) in [5.74, 6) is 0. The van der Waals surface area contributed by atoms with Crippen molar-refractivity contribution in [2.75, 3.05) is 0 Å². The molecule has 0 bridgehead atoms. The predicted molar refractivity (Wildman–Crippen MR) is 50.1 cm³/mol. The van der Waals surface area contributed by atoms with Gasteiger partial charge in [0.1, 0.15) is 0 Å². The zero-order valence-corrected chi connectivity index (χ0v) is 8.51. The molecule has 0 unspecified atom stereocenters. The van der Waals surface area contributed by atoms with E-state index >= 15 is 0 Å². The highest BCUT2D eigenvalue weighted by atomic mass is 32.2. The molecule has 1 saturated carbocycles. The fraction of sp³-hybridized carbons (Fsp3) is 0.857. The molecule has 1 fully saturated rings. The van der Waals surface area contributed by atoms with Crippen molar-refractivity contribution in [1.29, 1.82) is 0 Å². The zero-order valence-electron chi connectivity index (χ0n) is 7.69. The molecule has 0 atom stereocenters. The van der Waals surface area contributed by atoms with Gasteiger partial charge < -0.3 is 5.11 Å². The van der Waals surface area contributed by atoms with Gasteiger partial charge in [-0.05, 0) is 12.8 Å². The second-order valence-corrected chi connectivity index (χ2v) is 4.81. The maximum atomic E-state index is 11.1. The predicted octanol–water partition coefficient (Wildman–Crippen LogP) is 0.421. The molecular weight excluding hydrogens is 208 g/mol. The van der Waals surface area contributed by atoms with Gasteiger partial charge >= 0.3 is 16.3 Å². The second-order valence-electron chi connectivity index (χ2n) is 3.36. The summed E-state index contributed by atoms with van der Waals surface area (Å²) in [6, 6.07) is -0.124. The Morgan fingerprint density at radius 1 is 1.21 bits per heavy atom. The van der Waals surface area contributed by atoms with Gasteiger partial charge in [-0.3, -0.25) is 0 Å². The van der Waals surface area contributed by atoms with E-state index in [1.165, 1.54) is 4.72 Å². The molecule has 0 radical (unpaired) electrons. The molecule has 14 heavy (non-hydrogen) atoms. The van der Waals surface area contributed by atoms with E-state index in [1.807, 2.05) is 0 Å². The van der Waals surface area contributed by atoms with Crippen LogP contribution in [0.2, 0.25) is 0 Å². The average molecular weight is 222 g/mol. The number of hydrogen-bond acceptors (Lipinski definition) is 3. The van der Waals surface area contributed by atoms with Crippen LogP contribution in [-0.2, 0) is 10.2 Å². The molecular formula is C7H14N2O4S. The Hall–Kier alpha value is -0.820. The van der Waals surface area contributed by atoms with E-state index in [4.69, 9.17) is 5.11 Å². The molecule has 0 aromatic carbocycles. The largest absolute Gasteiger partial charge is 0.464 e. The van der Waals surface area contributed by atoms with Crippen molar-refractivity contribution in [3.8, 4) is 0 Å². The van der Waals surface area contributed by atoms with E-state index in [9.17, 15) is 13.2 Å². The van der Waals surface area contributed by atoms with Crippen molar-refractivity contribution in [1.82, 2.24) is 9.44 Å². The summed E-state index contributed by atoms with van der Waals surface area (Å²) in [7, 11) is -3.88. The van der Waals surface area contributed by atoms with Gasteiger partial charge in [0, 0.05) is 6.04 Å². The Morgan fingerprint density at radius 2 is 1.79 bits per heavy atom. The third kappa shape index (κ3) is 3.93. The lowest BCUT2D eigenvalue weighted by Crippen LogP contribution is -2.45. The first-order valence-corrected chi connectivity index (χ1v) is 6.01. The van der Waals surface area contributed by atoms with Gasteiger partial charge in [-0.2, -0.15) is 13.1 Å². The molecule has 1 amide bonds. The monoisotopic (exact) mass is 222 g/mol. The molecule has 1 rings (SSSR count). The average Bonchev–Trinajstić information content (AvgIpc) is 2.02. The molecule has 7 heteroatoms. The van der Waals surface area contributed by atoms with Crippen molar-refractivity contribution < 1.29 is 18.3 Å². The van der Waals surface area contributed by atoms with Crippen molar-refractivity contribution in [3.63, 3.8) is 0 Å². The fourth-order valence-corrected chi connectivity index (χ4v) is 2.55. The summed E-state index contributed by atoms with van der Waals surface area (Å²) < 4.78 is 26.0. The highest BCUT2D eigenvalue weighted by molar-refractivity contribution is 7.88. The van der Waals surface area contributed by atoms with Crippen LogP contribution < -0.4 is 9.44 Å². The minimum atomic E-state index is -3.88. The minimum absolute atomic E-state index is 0.124. The molecule has 0 spiro atoms. The lowest BCUT2D eigenvalue weighted by molar-refractivity contribution is 0.201. The Labute approximate surface area is 82.9 Å². The quantitative estimate of drug-likeness (QED) is 0.645. The Kier molecular flexibility index (Phi) is 3.70. The highest BCUT2D eigenvalue weighted by Gasteiger charge is 2.20. The molecule has 0 saturated heterocycles.